The number of carboxylic acid groups (broad SMARTS) is 1. The molecule has 1 N–H and O–H groups in total. The summed E-state index contributed by atoms with van der Waals surface area (Å²) < 4.78 is 25.1. The molecule has 0 aliphatic rings. The predicted octanol–water partition coefficient (Wildman–Crippen LogP) is 2.59. The Kier molecular flexibility index (Phi) is 4.00. The lowest BCUT2D eigenvalue weighted by Crippen LogP contribution is -2.06. The monoisotopic (exact) mass is 288 g/mol. The Morgan fingerprint density at radius 1 is 0.900 bits per heavy atom. The third-order valence-corrected chi connectivity index (χ3v) is 4.48. The molecule has 0 fully saturated rings. The number of carbonyl (C=O) groups is 1. The van der Waals surface area contributed by atoms with E-state index in [1.54, 1.807) is 48.5 Å². The number of benzene rings is 2. The van der Waals surface area contributed by atoms with E-state index in [2.05, 4.69) is 0 Å². The molecule has 102 valence electrons. The van der Waals surface area contributed by atoms with Gasteiger partial charge in [0.25, 0.3) is 0 Å². The Labute approximate surface area is 116 Å². The van der Waals surface area contributed by atoms with Crippen molar-refractivity contribution in [1.29, 1.82) is 0 Å². The van der Waals surface area contributed by atoms with E-state index < -0.39 is 15.8 Å². The van der Waals surface area contributed by atoms with Gasteiger partial charge in [-0.3, -0.25) is 0 Å². The molecule has 2 aromatic rings. The molecular formula is C15H12O4S. The summed E-state index contributed by atoms with van der Waals surface area (Å²) in [5.41, 5.74) is 0.346. The van der Waals surface area contributed by atoms with E-state index in [9.17, 15) is 13.2 Å². The van der Waals surface area contributed by atoms with E-state index in [0.29, 0.717) is 5.56 Å². The quantitative estimate of drug-likeness (QED) is 0.878. The van der Waals surface area contributed by atoms with Gasteiger partial charge in [-0.25, -0.2) is 13.2 Å². The fourth-order valence-electron chi connectivity index (χ4n) is 1.76. The van der Waals surface area contributed by atoms with Crippen LogP contribution in [0.3, 0.4) is 0 Å². The van der Waals surface area contributed by atoms with Gasteiger partial charge in [-0.05, 0) is 17.7 Å². The molecule has 5 heteroatoms. The molecule has 0 aliphatic heterocycles. The van der Waals surface area contributed by atoms with Gasteiger partial charge in [0, 0.05) is 6.08 Å². The van der Waals surface area contributed by atoms with E-state index in [1.165, 1.54) is 12.1 Å². The number of hydrogen-bond acceptors (Lipinski definition) is 3. The van der Waals surface area contributed by atoms with Crippen LogP contribution in [0.1, 0.15) is 5.56 Å². The molecule has 0 spiro atoms. The van der Waals surface area contributed by atoms with Crippen molar-refractivity contribution in [1.82, 2.24) is 0 Å². The predicted molar refractivity (Wildman–Crippen MR) is 75.7 cm³/mol. The van der Waals surface area contributed by atoms with Crippen LogP contribution in [-0.4, -0.2) is 19.5 Å². The van der Waals surface area contributed by atoms with Gasteiger partial charge in [0.15, 0.2) is 0 Å². The second-order valence-electron chi connectivity index (χ2n) is 4.03. The molecule has 0 heterocycles. The summed E-state index contributed by atoms with van der Waals surface area (Å²) in [5, 5.41) is 8.91. The van der Waals surface area contributed by atoms with Crippen LogP contribution in [0.4, 0.5) is 0 Å². The molecule has 0 radical (unpaired) electrons. The minimum atomic E-state index is -3.87. The molecule has 0 atom stereocenters. The number of sulfone groups is 1. The summed E-state index contributed by atoms with van der Waals surface area (Å²) in [6.45, 7) is 0. The SMILES string of the molecule is O=C(O)/C=C(\c1ccccc1)S(=O)(=O)c1ccccc1. The lowest BCUT2D eigenvalue weighted by Gasteiger charge is -2.08. The Morgan fingerprint density at radius 2 is 1.40 bits per heavy atom. The van der Waals surface area contributed by atoms with Gasteiger partial charge >= 0.3 is 5.97 Å². The van der Waals surface area contributed by atoms with Gasteiger partial charge in [-0.1, -0.05) is 48.5 Å². The minimum Gasteiger partial charge on any atom is -0.478 e. The summed E-state index contributed by atoms with van der Waals surface area (Å²) >= 11 is 0. The highest BCUT2D eigenvalue weighted by Gasteiger charge is 2.22. The number of carboxylic acids is 1. The zero-order chi connectivity index (χ0) is 14.6. The van der Waals surface area contributed by atoms with Crippen LogP contribution in [0.2, 0.25) is 0 Å². The molecular weight excluding hydrogens is 276 g/mol. The second-order valence-corrected chi connectivity index (χ2v) is 5.95. The fraction of sp³-hybridized carbons (Fsp3) is 0. The smallest absolute Gasteiger partial charge is 0.329 e. The van der Waals surface area contributed by atoms with Gasteiger partial charge < -0.3 is 5.11 Å². The largest absolute Gasteiger partial charge is 0.478 e. The first-order chi connectivity index (χ1) is 9.51. The molecule has 2 aromatic carbocycles. The van der Waals surface area contributed by atoms with Crippen molar-refractivity contribution in [3.8, 4) is 0 Å². The van der Waals surface area contributed by atoms with E-state index in [-0.39, 0.29) is 9.80 Å². The van der Waals surface area contributed by atoms with Crippen LogP contribution < -0.4 is 0 Å². The second kappa shape index (κ2) is 5.71. The highest BCUT2D eigenvalue weighted by atomic mass is 32.2. The zero-order valence-corrected chi connectivity index (χ0v) is 11.2. The molecule has 20 heavy (non-hydrogen) atoms. The van der Waals surface area contributed by atoms with Crippen molar-refractivity contribution in [3.05, 3.63) is 72.3 Å². The first-order valence-electron chi connectivity index (χ1n) is 5.82. The van der Waals surface area contributed by atoms with Crippen LogP contribution in [0.15, 0.2) is 71.6 Å². The zero-order valence-electron chi connectivity index (χ0n) is 10.4. The summed E-state index contributed by atoms with van der Waals surface area (Å²) in [4.78, 5) is 10.8. The Balaban J connectivity index is 2.63. The van der Waals surface area contributed by atoms with Crippen LogP contribution in [0, 0.1) is 0 Å². The molecule has 0 saturated heterocycles. The molecule has 0 aliphatic carbocycles. The summed E-state index contributed by atoms with van der Waals surface area (Å²) in [6, 6.07) is 15.9. The van der Waals surface area contributed by atoms with Crippen molar-refractivity contribution in [2.75, 3.05) is 0 Å². The van der Waals surface area contributed by atoms with Crippen molar-refractivity contribution < 1.29 is 18.3 Å². The molecule has 0 unspecified atom stereocenters. The normalized spacial score (nSPS) is 12.1. The minimum absolute atomic E-state index is 0.0661. The maximum absolute atomic E-state index is 12.5. The van der Waals surface area contributed by atoms with Crippen LogP contribution >= 0.6 is 0 Å². The lowest BCUT2D eigenvalue weighted by atomic mass is 10.2. The van der Waals surface area contributed by atoms with Crippen molar-refractivity contribution in [2.24, 2.45) is 0 Å². The van der Waals surface area contributed by atoms with Crippen molar-refractivity contribution in [2.45, 2.75) is 4.90 Å². The highest BCUT2D eigenvalue weighted by molar-refractivity contribution is 8.00. The van der Waals surface area contributed by atoms with Gasteiger partial charge in [0.2, 0.25) is 9.84 Å². The number of aliphatic carboxylic acids is 1. The fourth-order valence-corrected chi connectivity index (χ4v) is 3.23. The molecule has 4 nitrogen and oxygen atoms in total. The molecule has 0 saturated carbocycles. The van der Waals surface area contributed by atoms with E-state index in [0.717, 1.165) is 6.08 Å². The Morgan fingerprint density at radius 3 is 1.90 bits per heavy atom. The molecule has 0 bridgehead atoms. The third-order valence-electron chi connectivity index (χ3n) is 2.66. The summed E-state index contributed by atoms with van der Waals surface area (Å²) in [7, 11) is -3.87. The van der Waals surface area contributed by atoms with Gasteiger partial charge in [-0.15, -0.1) is 0 Å². The van der Waals surface area contributed by atoms with E-state index in [4.69, 9.17) is 5.11 Å². The summed E-state index contributed by atoms with van der Waals surface area (Å²) in [6.07, 6.45) is 0.720. The van der Waals surface area contributed by atoms with Gasteiger partial charge in [0.05, 0.1) is 9.80 Å². The first-order valence-corrected chi connectivity index (χ1v) is 7.30. The maximum atomic E-state index is 12.5. The highest BCUT2D eigenvalue weighted by Crippen LogP contribution is 2.27. The first kappa shape index (κ1) is 14.0. The van der Waals surface area contributed by atoms with Crippen LogP contribution in [0.25, 0.3) is 4.91 Å². The van der Waals surface area contributed by atoms with Crippen LogP contribution in [-0.2, 0) is 14.6 Å². The van der Waals surface area contributed by atoms with Gasteiger partial charge in [-0.2, -0.15) is 0 Å². The van der Waals surface area contributed by atoms with Crippen LogP contribution in [0.5, 0.6) is 0 Å². The van der Waals surface area contributed by atoms with Crippen molar-refractivity contribution >= 4 is 20.7 Å². The van der Waals surface area contributed by atoms with Crippen molar-refractivity contribution in [3.63, 3.8) is 0 Å². The lowest BCUT2D eigenvalue weighted by molar-refractivity contribution is -0.131. The van der Waals surface area contributed by atoms with E-state index in [1.807, 2.05) is 0 Å². The number of hydrogen-bond donors (Lipinski definition) is 1. The Bertz CT molecular complexity index is 732. The molecule has 2 rings (SSSR count). The average Bonchev–Trinajstić information content (AvgIpc) is 2.46. The topological polar surface area (TPSA) is 71.4 Å². The Hall–Kier alpha value is -2.40. The maximum Gasteiger partial charge on any atom is 0.329 e. The third kappa shape index (κ3) is 2.95. The average molecular weight is 288 g/mol. The van der Waals surface area contributed by atoms with E-state index >= 15 is 0 Å². The standard InChI is InChI=1S/C15H12O4S/c16-15(17)11-14(12-7-3-1-4-8-12)20(18,19)13-9-5-2-6-10-13/h1-11H,(H,16,17)/b14-11+. The molecule has 0 aromatic heterocycles. The van der Waals surface area contributed by atoms with Gasteiger partial charge in [0.1, 0.15) is 0 Å². The number of rotatable bonds is 4. The summed E-state index contributed by atoms with van der Waals surface area (Å²) in [5.74, 6) is -1.30. The molecule has 0 amide bonds.